The first-order valence-electron chi connectivity index (χ1n) is 8.26. The fraction of sp³-hybridized carbons (Fsp3) is 0.0455. The summed E-state index contributed by atoms with van der Waals surface area (Å²) >= 11 is 3.51. The van der Waals surface area contributed by atoms with Gasteiger partial charge in [0.15, 0.2) is 0 Å². The van der Waals surface area contributed by atoms with Crippen molar-refractivity contribution < 1.29 is 0 Å². The topological polar surface area (TPSA) is 17.8 Å². The summed E-state index contributed by atoms with van der Waals surface area (Å²) in [6, 6.07) is 25.5. The van der Waals surface area contributed by atoms with Crippen molar-refractivity contribution in [2.24, 2.45) is 7.05 Å². The van der Waals surface area contributed by atoms with Crippen molar-refractivity contribution in [2.75, 3.05) is 0 Å². The van der Waals surface area contributed by atoms with Gasteiger partial charge in [0.1, 0.15) is 5.82 Å². The number of imidazole rings is 1. The molecule has 0 atom stereocenters. The summed E-state index contributed by atoms with van der Waals surface area (Å²) in [5, 5.41) is 4.98. The van der Waals surface area contributed by atoms with E-state index >= 15 is 0 Å². The summed E-state index contributed by atoms with van der Waals surface area (Å²) in [7, 11) is 2.11. The summed E-state index contributed by atoms with van der Waals surface area (Å²) in [6.07, 6.45) is 0. The Morgan fingerprint density at radius 3 is 1.96 bits per heavy atom. The molecule has 1 heterocycles. The van der Waals surface area contributed by atoms with Gasteiger partial charge in [-0.3, -0.25) is 0 Å². The van der Waals surface area contributed by atoms with Crippen LogP contribution in [0.3, 0.4) is 0 Å². The zero-order valence-electron chi connectivity index (χ0n) is 13.7. The third kappa shape index (κ3) is 2.12. The van der Waals surface area contributed by atoms with Crippen LogP contribution < -0.4 is 0 Å². The summed E-state index contributed by atoms with van der Waals surface area (Å²) in [6.45, 7) is 0. The molecule has 3 heteroatoms. The molecule has 120 valence electrons. The minimum atomic E-state index is 0.990. The molecule has 1 aromatic heterocycles. The van der Waals surface area contributed by atoms with Gasteiger partial charge in [0.05, 0.1) is 11.0 Å². The molecule has 4 aromatic carbocycles. The lowest BCUT2D eigenvalue weighted by Crippen LogP contribution is -1.93. The largest absolute Gasteiger partial charge is 0.327 e. The fourth-order valence-corrected chi connectivity index (χ4v) is 3.97. The molecule has 0 amide bonds. The van der Waals surface area contributed by atoms with Crippen molar-refractivity contribution >= 4 is 48.5 Å². The Labute approximate surface area is 153 Å². The highest BCUT2D eigenvalue weighted by molar-refractivity contribution is 9.10. The Balaban J connectivity index is 1.99. The first-order chi connectivity index (χ1) is 12.2. The van der Waals surface area contributed by atoms with E-state index in [2.05, 4.69) is 100 Å². The van der Waals surface area contributed by atoms with Gasteiger partial charge in [-0.05, 0) is 22.9 Å². The Morgan fingerprint density at radius 1 is 0.720 bits per heavy atom. The number of hydrogen-bond acceptors (Lipinski definition) is 1. The van der Waals surface area contributed by atoms with E-state index < -0.39 is 0 Å². The highest BCUT2D eigenvalue weighted by Gasteiger charge is 2.16. The highest BCUT2D eigenvalue weighted by atomic mass is 79.9. The van der Waals surface area contributed by atoms with Crippen LogP contribution in [0.15, 0.2) is 77.3 Å². The van der Waals surface area contributed by atoms with E-state index in [1.807, 2.05) is 0 Å². The molecule has 0 aliphatic carbocycles. The van der Waals surface area contributed by atoms with Crippen molar-refractivity contribution in [3.63, 3.8) is 0 Å². The highest BCUT2D eigenvalue weighted by Crippen LogP contribution is 2.36. The van der Waals surface area contributed by atoms with E-state index in [-0.39, 0.29) is 0 Å². The van der Waals surface area contributed by atoms with Crippen LogP contribution in [0, 0.1) is 0 Å². The van der Waals surface area contributed by atoms with Gasteiger partial charge in [0, 0.05) is 27.9 Å². The van der Waals surface area contributed by atoms with Crippen LogP contribution >= 0.6 is 15.9 Å². The molecule has 0 fully saturated rings. The monoisotopic (exact) mass is 386 g/mol. The molecule has 0 bridgehead atoms. The van der Waals surface area contributed by atoms with Crippen molar-refractivity contribution in [3.8, 4) is 11.4 Å². The van der Waals surface area contributed by atoms with Gasteiger partial charge < -0.3 is 4.57 Å². The molecule has 0 aliphatic rings. The van der Waals surface area contributed by atoms with Crippen molar-refractivity contribution in [1.82, 2.24) is 9.55 Å². The molecular formula is C22H15BrN2. The molecule has 5 aromatic rings. The Kier molecular flexibility index (Phi) is 3.19. The molecule has 0 saturated carbocycles. The van der Waals surface area contributed by atoms with Crippen LogP contribution in [0.25, 0.3) is 44.0 Å². The maximum atomic E-state index is 5.04. The second-order valence-corrected chi connectivity index (χ2v) is 7.21. The van der Waals surface area contributed by atoms with Gasteiger partial charge in [-0.15, -0.1) is 0 Å². The maximum absolute atomic E-state index is 5.04. The Bertz CT molecular complexity index is 1250. The second-order valence-electron chi connectivity index (χ2n) is 6.29. The second kappa shape index (κ2) is 5.43. The van der Waals surface area contributed by atoms with E-state index in [9.17, 15) is 0 Å². The average Bonchev–Trinajstić information content (AvgIpc) is 3.00. The number of benzene rings is 4. The van der Waals surface area contributed by atoms with Crippen LogP contribution in [-0.2, 0) is 7.05 Å². The average molecular weight is 387 g/mol. The molecule has 0 N–H and O–H groups in total. The number of halogens is 1. The number of aryl methyl sites for hydroxylation is 1. The van der Waals surface area contributed by atoms with Gasteiger partial charge in [-0.1, -0.05) is 76.6 Å². The molecular weight excluding hydrogens is 372 g/mol. The van der Waals surface area contributed by atoms with Crippen molar-refractivity contribution in [2.45, 2.75) is 0 Å². The smallest absolute Gasteiger partial charge is 0.140 e. The van der Waals surface area contributed by atoms with Crippen LogP contribution in [0.1, 0.15) is 0 Å². The Morgan fingerprint density at radius 2 is 1.28 bits per heavy atom. The van der Waals surface area contributed by atoms with Crippen molar-refractivity contribution in [1.29, 1.82) is 0 Å². The fourth-order valence-electron chi connectivity index (χ4n) is 3.70. The summed E-state index contributed by atoms with van der Waals surface area (Å²) in [4.78, 5) is 5.04. The molecule has 0 saturated heterocycles. The standard InChI is InChI=1S/C22H15BrN2/c1-25-21-19-9-5-3-7-17(19)16-6-2-4-8-18(16)20(21)24-22(25)14-10-12-15(23)13-11-14/h2-13H,1H3. The zero-order chi connectivity index (χ0) is 17.0. The van der Waals surface area contributed by atoms with Gasteiger partial charge in [-0.25, -0.2) is 4.98 Å². The minimum Gasteiger partial charge on any atom is -0.327 e. The quantitative estimate of drug-likeness (QED) is 0.308. The lowest BCUT2D eigenvalue weighted by molar-refractivity contribution is 0.962. The van der Waals surface area contributed by atoms with E-state index in [1.165, 1.54) is 27.1 Å². The SMILES string of the molecule is Cn1c(-c2ccc(Br)cc2)nc2c3ccccc3c3ccccc3c21. The number of hydrogen-bond donors (Lipinski definition) is 0. The predicted octanol–water partition coefficient (Wildman–Crippen LogP) is 6.31. The summed E-state index contributed by atoms with van der Waals surface area (Å²) in [5.74, 6) is 0.990. The lowest BCUT2D eigenvalue weighted by Gasteiger charge is -2.08. The van der Waals surface area contributed by atoms with Crippen LogP contribution in [0.4, 0.5) is 0 Å². The van der Waals surface area contributed by atoms with Crippen molar-refractivity contribution in [3.05, 3.63) is 77.3 Å². The normalized spacial score (nSPS) is 11.6. The number of rotatable bonds is 1. The summed E-state index contributed by atoms with van der Waals surface area (Å²) in [5.41, 5.74) is 3.37. The third-order valence-electron chi connectivity index (χ3n) is 4.85. The van der Waals surface area contributed by atoms with E-state index in [0.717, 1.165) is 21.4 Å². The minimum absolute atomic E-state index is 0.990. The first-order valence-corrected chi connectivity index (χ1v) is 9.05. The first kappa shape index (κ1) is 14.7. The summed E-state index contributed by atoms with van der Waals surface area (Å²) < 4.78 is 3.29. The molecule has 25 heavy (non-hydrogen) atoms. The van der Waals surface area contributed by atoms with Gasteiger partial charge in [0.2, 0.25) is 0 Å². The van der Waals surface area contributed by atoms with Gasteiger partial charge in [0.25, 0.3) is 0 Å². The van der Waals surface area contributed by atoms with Crippen LogP contribution in [0.2, 0.25) is 0 Å². The van der Waals surface area contributed by atoms with Gasteiger partial charge in [-0.2, -0.15) is 0 Å². The zero-order valence-corrected chi connectivity index (χ0v) is 15.3. The van der Waals surface area contributed by atoms with Crippen LogP contribution in [-0.4, -0.2) is 9.55 Å². The number of aromatic nitrogens is 2. The maximum Gasteiger partial charge on any atom is 0.140 e. The molecule has 0 aliphatic heterocycles. The molecule has 5 rings (SSSR count). The number of nitrogens with zero attached hydrogens (tertiary/aromatic N) is 2. The lowest BCUT2D eigenvalue weighted by atomic mass is 10.00. The molecule has 0 radical (unpaired) electrons. The molecule has 2 nitrogen and oxygen atoms in total. The van der Waals surface area contributed by atoms with Crippen LogP contribution in [0.5, 0.6) is 0 Å². The van der Waals surface area contributed by atoms with E-state index in [1.54, 1.807) is 0 Å². The molecule has 0 spiro atoms. The van der Waals surface area contributed by atoms with Gasteiger partial charge >= 0.3 is 0 Å². The van der Waals surface area contributed by atoms with E-state index in [0.29, 0.717) is 0 Å². The Hall–Kier alpha value is -2.65. The predicted molar refractivity (Wildman–Crippen MR) is 109 cm³/mol. The third-order valence-corrected chi connectivity index (χ3v) is 5.38. The van der Waals surface area contributed by atoms with E-state index in [4.69, 9.17) is 4.98 Å². The molecule has 0 unspecified atom stereocenters. The number of fused-ring (bicyclic) bond motifs is 6.